The van der Waals surface area contributed by atoms with Crippen LogP contribution in [-0.2, 0) is 14.6 Å². The first-order chi connectivity index (χ1) is 3.92. The average molecular weight is 190 g/mol. The van der Waals surface area contributed by atoms with Crippen LogP contribution in [0, 0.1) is 0 Å². The van der Waals surface area contributed by atoms with Gasteiger partial charge in [0.2, 0.25) is 0 Å². The molecule has 0 atom stereocenters. The maximum atomic E-state index is 9.80. The summed E-state index contributed by atoms with van der Waals surface area (Å²) in [5.41, 5.74) is 0. The fourth-order valence-corrected chi connectivity index (χ4v) is 0.806. The van der Waals surface area contributed by atoms with Crippen molar-refractivity contribution in [2.24, 2.45) is 0 Å². The van der Waals surface area contributed by atoms with Crippen molar-refractivity contribution in [2.45, 2.75) is 4.58 Å². The molecule has 0 fully saturated rings. The summed E-state index contributed by atoms with van der Waals surface area (Å²) >= 11 is 7.35. The van der Waals surface area contributed by atoms with Crippen LogP contribution in [0.15, 0.2) is 0 Å². The van der Waals surface area contributed by atoms with E-state index in [1.807, 2.05) is 0 Å². The van der Waals surface area contributed by atoms with Gasteiger partial charge in [-0.15, -0.1) is 0 Å². The minimum atomic E-state index is -4.32. The maximum absolute atomic E-state index is 9.80. The van der Waals surface area contributed by atoms with E-state index in [0.717, 1.165) is 0 Å². The monoisotopic (exact) mass is 190 g/mol. The second-order valence-electron chi connectivity index (χ2n) is 1.19. The second kappa shape index (κ2) is 3.67. The van der Waals surface area contributed by atoms with Crippen LogP contribution in [0.5, 0.6) is 0 Å². The van der Waals surface area contributed by atoms with Crippen molar-refractivity contribution in [3.8, 4) is 0 Å². The lowest BCUT2D eigenvalue weighted by atomic mass is 10.9. The van der Waals surface area contributed by atoms with E-state index in [1.165, 1.54) is 0 Å². The lowest BCUT2D eigenvalue weighted by Gasteiger charge is -1.99. The third-order valence-electron chi connectivity index (χ3n) is 0.366. The molecule has 0 spiro atoms. The molecule has 0 radical (unpaired) electrons. The molecule has 0 saturated carbocycles. The van der Waals surface area contributed by atoms with Crippen molar-refractivity contribution in [3.63, 3.8) is 0 Å². The Hall–Kier alpha value is 0.570. The number of hydrogen-bond acceptors (Lipinski definition) is 5. The lowest BCUT2D eigenvalue weighted by Crippen LogP contribution is -2.09. The first-order valence-corrected chi connectivity index (χ1v) is 4.29. The second-order valence-corrected chi connectivity index (χ2v) is 3.94. The quantitative estimate of drug-likeness (QED) is 0.333. The Morgan fingerprint density at radius 3 is 2.11 bits per heavy atom. The average Bonchev–Trinajstić information content (AvgIpc) is 1.59. The lowest BCUT2D eigenvalue weighted by molar-refractivity contribution is 0.282. The Morgan fingerprint density at radius 2 is 2.00 bits per heavy atom. The van der Waals surface area contributed by atoms with Gasteiger partial charge in [-0.1, -0.05) is 0 Å². The maximum Gasteiger partial charge on any atom is 0.397 e. The molecule has 0 heterocycles. The van der Waals surface area contributed by atoms with E-state index in [2.05, 4.69) is 29.4 Å². The molecular weight excluding hydrogens is 184 g/mol. The van der Waals surface area contributed by atoms with Crippen molar-refractivity contribution in [2.75, 3.05) is 6.61 Å². The van der Waals surface area contributed by atoms with Crippen LogP contribution in [0.4, 0.5) is 0 Å². The van der Waals surface area contributed by atoms with Gasteiger partial charge in [0.25, 0.3) is 0 Å². The van der Waals surface area contributed by atoms with Crippen molar-refractivity contribution in [1.29, 1.82) is 0 Å². The molecular formula is C2H6O4S3. The largest absolute Gasteiger partial charge is 0.397 e. The van der Waals surface area contributed by atoms with Crippen LogP contribution in [0.2, 0.25) is 0 Å². The molecule has 0 rings (SSSR count). The summed E-state index contributed by atoms with van der Waals surface area (Å²) in [6.07, 6.45) is 0. The summed E-state index contributed by atoms with van der Waals surface area (Å²) in [4.78, 5) is 0. The molecule has 1 N–H and O–H groups in total. The van der Waals surface area contributed by atoms with Crippen LogP contribution in [-0.4, -0.2) is 24.2 Å². The first kappa shape index (κ1) is 9.57. The van der Waals surface area contributed by atoms with E-state index in [1.54, 1.807) is 0 Å². The SMILES string of the molecule is O=S(=O)(O)OCC(S)S. The van der Waals surface area contributed by atoms with Gasteiger partial charge in [-0.2, -0.15) is 33.7 Å². The zero-order valence-electron chi connectivity index (χ0n) is 4.26. The highest BCUT2D eigenvalue weighted by atomic mass is 32.3. The molecule has 4 nitrogen and oxygen atoms in total. The van der Waals surface area contributed by atoms with Crippen molar-refractivity contribution < 1.29 is 17.2 Å². The molecule has 0 amide bonds. The fourth-order valence-electron chi connectivity index (χ4n) is 0.147. The molecule has 0 aliphatic heterocycles. The summed E-state index contributed by atoms with van der Waals surface area (Å²) in [6.45, 7) is -0.245. The predicted octanol–water partition coefficient (Wildman–Crippen LogP) is -0.00850. The zero-order valence-corrected chi connectivity index (χ0v) is 6.86. The van der Waals surface area contributed by atoms with E-state index < -0.39 is 15.0 Å². The van der Waals surface area contributed by atoms with Crippen LogP contribution < -0.4 is 0 Å². The van der Waals surface area contributed by atoms with Gasteiger partial charge in [-0.05, 0) is 0 Å². The normalized spacial score (nSPS) is 12.4. The van der Waals surface area contributed by atoms with Gasteiger partial charge in [0.15, 0.2) is 0 Å². The van der Waals surface area contributed by atoms with E-state index in [0.29, 0.717) is 0 Å². The molecule has 0 aromatic carbocycles. The van der Waals surface area contributed by atoms with Crippen molar-refractivity contribution in [3.05, 3.63) is 0 Å². The zero-order chi connectivity index (χ0) is 7.49. The molecule has 0 aromatic rings. The first-order valence-electron chi connectivity index (χ1n) is 1.90. The van der Waals surface area contributed by atoms with Gasteiger partial charge < -0.3 is 0 Å². The van der Waals surface area contributed by atoms with E-state index >= 15 is 0 Å². The summed E-state index contributed by atoms with van der Waals surface area (Å²) in [6, 6.07) is 0. The van der Waals surface area contributed by atoms with Gasteiger partial charge in [-0.3, -0.25) is 4.55 Å². The molecule has 7 heteroatoms. The van der Waals surface area contributed by atoms with Gasteiger partial charge >= 0.3 is 10.4 Å². The van der Waals surface area contributed by atoms with Crippen LogP contribution in [0.1, 0.15) is 0 Å². The fraction of sp³-hybridized carbons (Fsp3) is 1.00. The molecule has 56 valence electrons. The Kier molecular flexibility index (Phi) is 3.90. The molecule has 0 aromatic heterocycles. The molecule has 0 bridgehead atoms. The van der Waals surface area contributed by atoms with Crippen molar-refractivity contribution in [1.82, 2.24) is 0 Å². The molecule has 0 aliphatic rings. The molecule has 0 aliphatic carbocycles. The summed E-state index contributed by atoms with van der Waals surface area (Å²) in [5, 5.41) is 0. The standard InChI is InChI=1S/C2H6O4S3/c3-9(4,5)6-1-2(7)8/h2,7-8H,1H2,(H,3,4,5). The number of hydrogen-bond donors (Lipinski definition) is 3. The summed E-state index contributed by atoms with van der Waals surface area (Å²) in [7, 11) is -4.32. The summed E-state index contributed by atoms with van der Waals surface area (Å²) in [5.74, 6) is 0. The number of rotatable bonds is 3. The Bertz CT molecular complexity index is 159. The Morgan fingerprint density at radius 1 is 1.56 bits per heavy atom. The Balaban J connectivity index is 3.53. The van der Waals surface area contributed by atoms with Crippen LogP contribution >= 0.6 is 25.3 Å². The Labute approximate surface area is 64.4 Å². The number of thiol groups is 2. The van der Waals surface area contributed by atoms with Gasteiger partial charge in [-0.25, -0.2) is 4.18 Å². The van der Waals surface area contributed by atoms with E-state index in [9.17, 15) is 8.42 Å². The molecule has 9 heavy (non-hydrogen) atoms. The van der Waals surface area contributed by atoms with Crippen molar-refractivity contribution >= 4 is 35.7 Å². The third kappa shape index (κ3) is 8.57. The highest BCUT2D eigenvalue weighted by Crippen LogP contribution is 2.01. The van der Waals surface area contributed by atoms with E-state index in [4.69, 9.17) is 4.55 Å². The molecule has 0 unspecified atom stereocenters. The third-order valence-corrected chi connectivity index (χ3v) is 1.10. The minimum Gasteiger partial charge on any atom is -0.264 e. The predicted molar refractivity (Wildman–Crippen MR) is 39.3 cm³/mol. The van der Waals surface area contributed by atoms with Crippen LogP contribution in [0.25, 0.3) is 0 Å². The van der Waals surface area contributed by atoms with Crippen LogP contribution in [0.3, 0.4) is 0 Å². The van der Waals surface area contributed by atoms with Gasteiger partial charge in [0.1, 0.15) is 0 Å². The topological polar surface area (TPSA) is 63.6 Å². The highest BCUT2D eigenvalue weighted by molar-refractivity contribution is 7.99. The summed E-state index contributed by atoms with van der Waals surface area (Å²) < 4.78 is 30.9. The molecule has 0 saturated heterocycles. The van der Waals surface area contributed by atoms with Gasteiger partial charge in [0, 0.05) is 0 Å². The minimum absolute atomic E-state index is 0.245. The van der Waals surface area contributed by atoms with Gasteiger partial charge in [0.05, 0.1) is 11.2 Å². The highest BCUT2D eigenvalue weighted by Gasteiger charge is 2.05. The smallest absolute Gasteiger partial charge is 0.264 e. The van der Waals surface area contributed by atoms with E-state index in [-0.39, 0.29) is 6.61 Å².